The maximum absolute atomic E-state index is 10.7. The summed E-state index contributed by atoms with van der Waals surface area (Å²) in [5, 5.41) is 5.48. The Hall–Kier alpha value is 0.334. The average Bonchev–Trinajstić information content (AvgIpc) is 2.04. The van der Waals surface area contributed by atoms with Crippen LogP contribution in [0.1, 0.15) is 0 Å². The Kier molecular flexibility index (Phi) is 10.8. The first kappa shape index (κ1) is 15.8. The third kappa shape index (κ3) is 7.41. The van der Waals surface area contributed by atoms with Gasteiger partial charge in [-0.1, -0.05) is 0 Å². The largest absolute Gasteiger partial charge is 0.453 e. The smallest absolute Gasteiger partial charge is 0.404 e. The Labute approximate surface area is 105 Å². The summed E-state index contributed by atoms with van der Waals surface area (Å²) in [5.74, 6) is 0.0362. The van der Waals surface area contributed by atoms with E-state index in [2.05, 4.69) is 29.2 Å². The molecule has 0 aliphatic carbocycles. The van der Waals surface area contributed by atoms with E-state index in [4.69, 9.17) is 0 Å². The standard InChI is InChI=1S/C8H16N2O2.Y/c1-6(5-9-3)7(2)10-8(11)12-4;/h6-7,9H,1-2,5H2,3-4H3,(H,10,11);/q-2;. The Morgan fingerprint density at radius 2 is 2.08 bits per heavy atom. The van der Waals surface area contributed by atoms with Crippen LogP contribution in [-0.4, -0.2) is 32.8 Å². The molecule has 0 aliphatic rings. The number of carbonyl (C=O) groups is 1. The summed E-state index contributed by atoms with van der Waals surface area (Å²) in [7, 11) is 3.14. The maximum atomic E-state index is 10.7. The summed E-state index contributed by atoms with van der Waals surface area (Å²) in [6.07, 6.45) is -0.472. The van der Waals surface area contributed by atoms with Gasteiger partial charge in [0.2, 0.25) is 0 Å². The number of ether oxygens (including phenoxy) is 1. The average molecular weight is 261 g/mol. The summed E-state index contributed by atoms with van der Waals surface area (Å²) < 4.78 is 4.41. The SMILES string of the molecule is [CH2-]C(CNC)C([CH2-])NC(=O)OC.[Y]. The normalized spacial score (nSPS) is 13.8. The Morgan fingerprint density at radius 1 is 1.54 bits per heavy atom. The minimum atomic E-state index is -0.472. The van der Waals surface area contributed by atoms with Gasteiger partial charge in [-0.05, 0) is 13.6 Å². The molecule has 4 nitrogen and oxygen atoms in total. The van der Waals surface area contributed by atoms with E-state index in [1.807, 2.05) is 7.05 Å². The molecule has 13 heavy (non-hydrogen) atoms. The molecule has 0 saturated carbocycles. The van der Waals surface area contributed by atoms with Crippen molar-refractivity contribution in [2.75, 3.05) is 20.7 Å². The fourth-order valence-corrected chi connectivity index (χ4v) is 0.733. The molecule has 2 atom stereocenters. The summed E-state index contributed by atoms with van der Waals surface area (Å²) >= 11 is 0. The summed E-state index contributed by atoms with van der Waals surface area (Å²) in [5.41, 5.74) is 0. The van der Waals surface area contributed by atoms with Crippen LogP contribution in [0.15, 0.2) is 0 Å². The Morgan fingerprint density at radius 3 is 2.46 bits per heavy atom. The third-order valence-electron chi connectivity index (χ3n) is 1.52. The molecule has 5 heteroatoms. The van der Waals surface area contributed by atoms with Crippen molar-refractivity contribution in [3.63, 3.8) is 0 Å². The van der Waals surface area contributed by atoms with Gasteiger partial charge in [0.15, 0.2) is 0 Å². The van der Waals surface area contributed by atoms with Crippen LogP contribution < -0.4 is 10.6 Å². The van der Waals surface area contributed by atoms with Crippen LogP contribution in [0.25, 0.3) is 0 Å². The predicted octanol–water partition coefficient (Wildman–Crippen LogP) is 0.212. The van der Waals surface area contributed by atoms with Gasteiger partial charge in [-0.15, -0.1) is 6.04 Å². The molecule has 2 unspecified atom stereocenters. The first-order valence-electron chi connectivity index (χ1n) is 3.77. The zero-order chi connectivity index (χ0) is 9.56. The van der Waals surface area contributed by atoms with Gasteiger partial charge in [-0.3, -0.25) is 0 Å². The monoisotopic (exact) mass is 261 g/mol. The number of hydrogen-bond donors (Lipinski definition) is 2. The van der Waals surface area contributed by atoms with Gasteiger partial charge in [-0.2, -0.15) is 5.92 Å². The molecule has 1 amide bonds. The van der Waals surface area contributed by atoms with Crippen molar-refractivity contribution >= 4 is 6.09 Å². The number of methoxy groups -OCH3 is 1. The molecule has 0 fully saturated rings. The molecule has 0 aromatic heterocycles. The van der Waals surface area contributed by atoms with Crippen LogP contribution >= 0.6 is 0 Å². The van der Waals surface area contributed by atoms with Crippen molar-refractivity contribution in [1.82, 2.24) is 10.6 Å². The fourth-order valence-electron chi connectivity index (χ4n) is 0.733. The number of rotatable bonds is 4. The summed E-state index contributed by atoms with van der Waals surface area (Å²) in [6, 6.07) is -0.232. The van der Waals surface area contributed by atoms with Gasteiger partial charge in [0.1, 0.15) is 0 Å². The molecule has 0 rings (SSSR count). The topological polar surface area (TPSA) is 50.4 Å². The second-order valence-electron chi connectivity index (χ2n) is 2.56. The van der Waals surface area contributed by atoms with E-state index in [-0.39, 0.29) is 44.7 Å². The molecule has 75 valence electrons. The molecule has 0 heterocycles. The number of hydrogen-bond acceptors (Lipinski definition) is 3. The minimum absolute atomic E-state index is 0. The van der Waals surface area contributed by atoms with E-state index in [0.29, 0.717) is 6.54 Å². The first-order valence-corrected chi connectivity index (χ1v) is 3.77. The Balaban J connectivity index is 0. The summed E-state index contributed by atoms with van der Waals surface area (Å²) in [4.78, 5) is 10.7. The van der Waals surface area contributed by atoms with Gasteiger partial charge in [0.05, 0.1) is 7.11 Å². The molecule has 0 spiro atoms. The molecule has 0 bridgehead atoms. The zero-order valence-corrected chi connectivity index (χ0v) is 11.0. The first-order chi connectivity index (χ1) is 5.61. The van der Waals surface area contributed by atoms with E-state index in [0.717, 1.165) is 0 Å². The van der Waals surface area contributed by atoms with Crippen molar-refractivity contribution < 1.29 is 42.2 Å². The maximum Gasteiger partial charge on any atom is 0.404 e. The van der Waals surface area contributed by atoms with Crippen molar-refractivity contribution in [2.24, 2.45) is 5.92 Å². The molecule has 2 N–H and O–H groups in total. The third-order valence-corrected chi connectivity index (χ3v) is 1.52. The van der Waals surface area contributed by atoms with Crippen molar-refractivity contribution in [3.8, 4) is 0 Å². The molecular formula is C8H16N2O2Y-2. The second kappa shape index (κ2) is 8.91. The van der Waals surface area contributed by atoms with Gasteiger partial charge >= 0.3 is 6.09 Å². The van der Waals surface area contributed by atoms with Crippen LogP contribution in [0.3, 0.4) is 0 Å². The van der Waals surface area contributed by atoms with Crippen LogP contribution in [0.2, 0.25) is 0 Å². The van der Waals surface area contributed by atoms with Crippen LogP contribution in [0, 0.1) is 19.8 Å². The molecule has 0 aromatic carbocycles. The number of alkyl carbamates (subject to hydrolysis) is 1. The fraction of sp³-hybridized carbons (Fsp3) is 0.625. The van der Waals surface area contributed by atoms with Gasteiger partial charge in [0, 0.05) is 32.7 Å². The van der Waals surface area contributed by atoms with Crippen molar-refractivity contribution in [1.29, 1.82) is 0 Å². The number of nitrogens with one attached hydrogen (secondary N) is 2. The van der Waals surface area contributed by atoms with Gasteiger partial charge in [-0.25, -0.2) is 4.79 Å². The van der Waals surface area contributed by atoms with Crippen LogP contribution in [0.4, 0.5) is 4.79 Å². The van der Waals surface area contributed by atoms with Gasteiger partial charge in [0.25, 0.3) is 0 Å². The van der Waals surface area contributed by atoms with E-state index in [1.165, 1.54) is 7.11 Å². The molecule has 0 aromatic rings. The van der Waals surface area contributed by atoms with E-state index in [1.54, 1.807) is 0 Å². The van der Waals surface area contributed by atoms with Gasteiger partial charge < -0.3 is 29.2 Å². The molecule has 0 aliphatic heterocycles. The molecule has 0 saturated heterocycles. The second-order valence-corrected chi connectivity index (χ2v) is 2.56. The van der Waals surface area contributed by atoms with Crippen LogP contribution in [0.5, 0.6) is 0 Å². The molecule has 1 radical (unpaired) electrons. The predicted molar refractivity (Wildman–Crippen MR) is 47.5 cm³/mol. The molecular weight excluding hydrogens is 245 g/mol. The van der Waals surface area contributed by atoms with E-state index in [9.17, 15) is 4.79 Å². The minimum Gasteiger partial charge on any atom is -0.453 e. The van der Waals surface area contributed by atoms with Crippen molar-refractivity contribution in [3.05, 3.63) is 13.8 Å². The van der Waals surface area contributed by atoms with E-state index < -0.39 is 6.09 Å². The number of carbonyl (C=O) groups excluding carboxylic acids is 1. The Bertz CT molecular complexity index is 144. The summed E-state index contributed by atoms with van der Waals surface area (Å²) in [6.45, 7) is 8.26. The van der Waals surface area contributed by atoms with Crippen molar-refractivity contribution in [2.45, 2.75) is 6.04 Å². The van der Waals surface area contributed by atoms with E-state index >= 15 is 0 Å². The quantitative estimate of drug-likeness (QED) is 0.711. The van der Waals surface area contributed by atoms with Crippen LogP contribution in [-0.2, 0) is 37.4 Å². The number of amides is 1. The zero-order valence-electron chi connectivity index (χ0n) is 8.17.